The summed E-state index contributed by atoms with van der Waals surface area (Å²) >= 11 is 1.21. The number of halogens is 1. The summed E-state index contributed by atoms with van der Waals surface area (Å²) in [5.41, 5.74) is 3.40. The molecule has 7 nitrogen and oxygen atoms in total. The number of nitrogens with zero attached hydrogens (tertiary/aromatic N) is 3. The lowest BCUT2D eigenvalue weighted by molar-refractivity contribution is -0.116. The molecule has 2 N–H and O–H groups in total. The van der Waals surface area contributed by atoms with Gasteiger partial charge in [-0.15, -0.1) is 10.2 Å². The number of rotatable bonds is 7. The number of hydrogen-bond donors (Lipinski definition) is 2. The molecule has 156 valence electrons. The van der Waals surface area contributed by atoms with Gasteiger partial charge in [-0.05, 0) is 49.7 Å². The Kier molecular flexibility index (Phi) is 6.83. The molecule has 30 heavy (non-hydrogen) atoms. The molecule has 0 spiro atoms. The van der Waals surface area contributed by atoms with E-state index < -0.39 is 0 Å². The largest absolute Gasteiger partial charge is 0.325 e. The summed E-state index contributed by atoms with van der Waals surface area (Å²) in [5.74, 6) is -0.195. The van der Waals surface area contributed by atoms with E-state index in [4.69, 9.17) is 0 Å². The van der Waals surface area contributed by atoms with Crippen molar-refractivity contribution < 1.29 is 14.0 Å². The predicted molar refractivity (Wildman–Crippen MR) is 115 cm³/mol. The van der Waals surface area contributed by atoms with E-state index in [0.717, 1.165) is 16.8 Å². The maximum absolute atomic E-state index is 12.9. The van der Waals surface area contributed by atoms with E-state index >= 15 is 0 Å². The highest BCUT2D eigenvalue weighted by atomic mass is 32.2. The van der Waals surface area contributed by atoms with Gasteiger partial charge in [0.2, 0.25) is 11.8 Å². The van der Waals surface area contributed by atoms with Crippen LogP contribution < -0.4 is 10.6 Å². The van der Waals surface area contributed by atoms with Crippen molar-refractivity contribution in [2.24, 2.45) is 7.05 Å². The Morgan fingerprint density at radius 3 is 2.47 bits per heavy atom. The molecule has 0 aliphatic heterocycles. The van der Waals surface area contributed by atoms with Crippen molar-refractivity contribution in [2.45, 2.75) is 25.4 Å². The molecular weight excluding hydrogens is 405 g/mol. The molecule has 2 amide bonds. The van der Waals surface area contributed by atoms with Crippen LogP contribution in [0.1, 0.15) is 17.0 Å². The molecule has 1 aromatic heterocycles. The molecule has 9 heteroatoms. The van der Waals surface area contributed by atoms with Crippen LogP contribution in [0, 0.1) is 19.7 Å². The van der Waals surface area contributed by atoms with Gasteiger partial charge in [-0.2, -0.15) is 0 Å². The maximum Gasteiger partial charge on any atom is 0.234 e. The second-order valence-electron chi connectivity index (χ2n) is 6.84. The van der Waals surface area contributed by atoms with Crippen LogP contribution in [-0.4, -0.2) is 32.3 Å². The van der Waals surface area contributed by atoms with E-state index in [-0.39, 0.29) is 29.8 Å². The molecule has 0 atom stereocenters. The molecule has 1 heterocycles. The average molecular weight is 428 g/mol. The standard InChI is InChI=1S/C21H22FN5O2S/c1-13-4-9-17(14(2)10-13)24-19(28)11-18-25-26-21(27(18)3)30-12-20(29)23-16-7-5-15(22)6-8-16/h4-10H,11-12H2,1-3H3,(H,23,29)(H,24,28). The number of aromatic nitrogens is 3. The Bertz CT molecular complexity index is 1070. The van der Waals surface area contributed by atoms with E-state index in [0.29, 0.717) is 16.7 Å². The minimum Gasteiger partial charge on any atom is -0.325 e. The Labute approximate surface area is 178 Å². The van der Waals surface area contributed by atoms with Gasteiger partial charge in [0.25, 0.3) is 0 Å². The lowest BCUT2D eigenvalue weighted by atomic mass is 10.1. The monoisotopic (exact) mass is 427 g/mol. The third-order valence-electron chi connectivity index (χ3n) is 4.36. The van der Waals surface area contributed by atoms with Crippen LogP contribution in [-0.2, 0) is 23.1 Å². The van der Waals surface area contributed by atoms with Crippen LogP contribution in [0.25, 0.3) is 0 Å². The molecule has 3 aromatic rings. The first-order valence-corrected chi connectivity index (χ1v) is 10.2. The van der Waals surface area contributed by atoms with Crippen molar-refractivity contribution in [1.29, 1.82) is 0 Å². The first kappa shape index (κ1) is 21.5. The summed E-state index contributed by atoms with van der Waals surface area (Å²) in [7, 11) is 1.75. The van der Waals surface area contributed by atoms with E-state index in [1.54, 1.807) is 11.6 Å². The molecule has 0 aliphatic rings. The number of carbonyl (C=O) groups is 2. The molecule has 3 rings (SSSR count). The number of aryl methyl sites for hydroxylation is 2. The predicted octanol–water partition coefficient (Wildman–Crippen LogP) is 3.48. The fourth-order valence-corrected chi connectivity index (χ4v) is 3.51. The smallest absolute Gasteiger partial charge is 0.234 e. The Morgan fingerprint density at radius 1 is 1.03 bits per heavy atom. The zero-order valence-electron chi connectivity index (χ0n) is 16.9. The maximum atomic E-state index is 12.9. The van der Waals surface area contributed by atoms with Gasteiger partial charge in [-0.25, -0.2) is 4.39 Å². The number of benzene rings is 2. The Morgan fingerprint density at radius 2 is 1.77 bits per heavy atom. The third kappa shape index (κ3) is 5.66. The molecule has 0 saturated heterocycles. The normalized spacial score (nSPS) is 10.7. The van der Waals surface area contributed by atoms with Crippen LogP contribution in [0.5, 0.6) is 0 Å². The molecular formula is C21H22FN5O2S. The second-order valence-corrected chi connectivity index (χ2v) is 7.79. The summed E-state index contributed by atoms with van der Waals surface area (Å²) in [6.45, 7) is 3.94. The number of carbonyl (C=O) groups excluding carboxylic acids is 2. The molecule has 0 aliphatic carbocycles. The number of nitrogens with one attached hydrogen (secondary N) is 2. The number of hydrogen-bond acceptors (Lipinski definition) is 5. The summed E-state index contributed by atoms with van der Waals surface area (Å²) in [6.07, 6.45) is 0.0686. The van der Waals surface area contributed by atoms with Gasteiger partial charge in [-0.1, -0.05) is 29.5 Å². The van der Waals surface area contributed by atoms with Gasteiger partial charge in [0.1, 0.15) is 11.6 Å². The van der Waals surface area contributed by atoms with Crippen molar-refractivity contribution in [1.82, 2.24) is 14.8 Å². The number of amides is 2. The van der Waals surface area contributed by atoms with Gasteiger partial charge >= 0.3 is 0 Å². The average Bonchev–Trinajstić information content (AvgIpc) is 3.04. The van der Waals surface area contributed by atoms with Gasteiger partial charge in [0.15, 0.2) is 5.16 Å². The Balaban J connectivity index is 1.54. The zero-order chi connectivity index (χ0) is 21.7. The molecule has 0 saturated carbocycles. The fraction of sp³-hybridized carbons (Fsp3) is 0.238. The first-order chi connectivity index (χ1) is 14.3. The quantitative estimate of drug-likeness (QED) is 0.564. The van der Waals surface area contributed by atoms with Crippen molar-refractivity contribution in [3.63, 3.8) is 0 Å². The summed E-state index contributed by atoms with van der Waals surface area (Å²) in [4.78, 5) is 24.5. The van der Waals surface area contributed by atoms with E-state index in [9.17, 15) is 14.0 Å². The summed E-state index contributed by atoms with van der Waals surface area (Å²) in [5, 5.41) is 14.2. The minimum atomic E-state index is -0.365. The van der Waals surface area contributed by atoms with Gasteiger partial charge in [-0.3, -0.25) is 9.59 Å². The topological polar surface area (TPSA) is 88.9 Å². The van der Waals surface area contributed by atoms with Crippen LogP contribution in [0.2, 0.25) is 0 Å². The van der Waals surface area contributed by atoms with E-state index in [1.807, 2.05) is 32.0 Å². The SMILES string of the molecule is Cc1ccc(NC(=O)Cc2nnc(SCC(=O)Nc3ccc(F)cc3)n2C)c(C)c1. The molecule has 0 radical (unpaired) electrons. The lowest BCUT2D eigenvalue weighted by Crippen LogP contribution is -2.18. The second kappa shape index (κ2) is 9.53. The molecule has 0 bridgehead atoms. The summed E-state index contributed by atoms with van der Waals surface area (Å²) < 4.78 is 14.6. The zero-order valence-corrected chi connectivity index (χ0v) is 17.7. The Hall–Kier alpha value is -3.20. The highest BCUT2D eigenvalue weighted by molar-refractivity contribution is 7.99. The fourth-order valence-electron chi connectivity index (χ4n) is 2.78. The van der Waals surface area contributed by atoms with Gasteiger partial charge < -0.3 is 15.2 Å². The van der Waals surface area contributed by atoms with Gasteiger partial charge in [0.05, 0.1) is 12.2 Å². The van der Waals surface area contributed by atoms with Crippen molar-refractivity contribution in [3.05, 3.63) is 65.2 Å². The number of anilines is 2. The third-order valence-corrected chi connectivity index (χ3v) is 5.38. The van der Waals surface area contributed by atoms with Crippen LogP contribution in [0.3, 0.4) is 0 Å². The van der Waals surface area contributed by atoms with Crippen LogP contribution in [0.15, 0.2) is 47.6 Å². The lowest BCUT2D eigenvalue weighted by Gasteiger charge is -2.09. The van der Waals surface area contributed by atoms with Crippen molar-refractivity contribution in [3.8, 4) is 0 Å². The minimum absolute atomic E-state index is 0.0686. The van der Waals surface area contributed by atoms with Crippen molar-refractivity contribution >= 4 is 35.0 Å². The molecule has 0 fully saturated rings. The highest BCUT2D eigenvalue weighted by Crippen LogP contribution is 2.19. The van der Waals surface area contributed by atoms with Crippen molar-refractivity contribution in [2.75, 3.05) is 16.4 Å². The highest BCUT2D eigenvalue weighted by Gasteiger charge is 2.15. The van der Waals surface area contributed by atoms with Crippen LogP contribution in [0.4, 0.5) is 15.8 Å². The molecule has 2 aromatic carbocycles. The van der Waals surface area contributed by atoms with Crippen LogP contribution >= 0.6 is 11.8 Å². The first-order valence-electron chi connectivity index (χ1n) is 9.25. The molecule has 0 unspecified atom stereocenters. The van der Waals surface area contributed by atoms with E-state index in [1.165, 1.54) is 36.0 Å². The number of thioether (sulfide) groups is 1. The van der Waals surface area contributed by atoms with Gasteiger partial charge in [0, 0.05) is 18.4 Å². The van der Waals surface area contributed by atoms with E-state index in [2.05, 4.69) is 20.8 Å². The summed E-state index contributed by atoms with van der Waals surface area (Å²) in [6, 6.07) is 11.4.